The molecule has 0 N–H and O–H groups in total. The minimum Gasteiger partial charge on any atom is -0.461 e. The first kappa shape index (κ1) is 23.2. The number of hydrogen-bond acceptors (Lipinski definition) is 3. The summed E-state index contributed by atoms with van der Waals surface area (Å²) in [5.41, 5.74) is -0.157. The number of rotatable bonds is 11. The van der Waals surface area contributed by atoms with Gasteiger partial charge in [-0.1, -0.05) is 66.5 Å². The van der Waals surface area contributed by atoms with Crippen LogP contribution in [-0.2, 0) is 9.53 Å². The second-order valence-corrected chi connectivity index (χ2v) is 8.27. The maximum Gasteiger partial charge on any atom is 0.320 e. The fourth-order valence-corrected chi connectivity index (χ4v) is 2.93. The molecule has 142 valence electrons. The third kappa shape index (κ3) is 8.32. The molecule has 0 heterocycles. The van der Waals surface area contributed by atoms with E-state index in [1.54, 1.807) is 0 Å². The van der Waals surface area contributed by atoms with E-state index in [1.807, 2.05) is 7.05 Å². The van der Waals surface area contributed by atoms with E-state index in [-0.39, 0.29) is 17.6 Å². The molecule has 0 aromatic heterocycles. The highest BCUT2D eigenvalue weighted by Crippen LogP contribution is 2.20. The van der Waals surface area contributed by atoms with E-state index in [9.17, 15) is 4.79 Å². The normalized spacial score (nSPS) is 13.2. The Kier molecular flexibility index (Phi) is 10.5. The highest BCUT2D eigenvalue weighted by atomic mass is 16.5. The molecule has 0 saturated heterocycles. The maximum atomic E-state index is 12.3. The summed E-state index contributed by atoms with van der Waals surface area (Å²) in [5.74, 6) is 1.30. The molecule has 0 spiro atoms. The van der Waals surface area contributed by atoms with E-state index in [1.165, 1.54) is 12.8 Å². The Hall–Kier alpha value is -0.830. The average Bonchev–Trinajstić information content (AvgIpc) is 2.48. The van der Waals surface area contributed by atoms with Crippen molar-refractivity contribution in [2.45, 2.75) is 86.3 Å². The number of carbonyl (C=O) groups is 1. The quantitative estimate of drug-likeness (QED) is 0.378. The van der Waals surface area contributed by atoms with E-state index in [2.05, 4.69) is 72.4 Å². The van der Waals surface area contributed by atoms with Gasteiger partial charge in [-0.2, -0.15) is 0 Å². The highest BCUT2D eigenvalue weighted by Gasteiger charge is 2.26. The van der Waals surface area contributed by atoms with E-state index in [0.717, 1.165) is 12.3 Å². The van der Waals surface area contributed by atoms with E-state index in [0.29, 0.717) is 18.4 Å². The van der Waals surface area contributed by atoms with Crippen molar-refractivity contribution in [2.75, 3.05) is 13.6 Å². The van der Waals surface area contributed by atoms with Gasteiger partial charge in [-0.25, -0.2) is 0 Å². The molecular formula is C21H41NO2. The fourth-order valence-electron chi connectivity index (χ4n) is 2.93. The van der Waals surface area contributed by atoms with Crippen LogP contribution >= 0.6 is 0 Å². The van der Waals surface area contributed by atoms with Crippen LogP contribution in [0.4, 0.5) is 0 Å². The zero-order valence-electron chi connectivity index (χ0n) is 17.6. The molecular weight excluding hydrogens is 298 g/mol. The highest BCUT2D eigenvalue weighted by molar-refractivity contribution is 5.72. The number of nitrogens with zero attached hydrogens (tertiary/aromatic N) is 1. The fraction of sp³-hybridized carbons (Fsp3) is 0.857. The summed E-state index contributed by atoms with van der Waals surface area (Å²) in [6, 6.07) is 0. The van der Waals surface area contributed by atoms with Crippen molar-refractivity contribution >= 4 is 5.97 Å². The standard InChI is InChI=1S/C21H41NO2/c1-10-18(11-2)13-12-14-21(7,8)22(9)15-19(23)24-20(16(3)4)17(5)6/h12,14,16-18,20H,10-11,13,15H2,1-9H3/b14-12-. The number of allylic oxidation sites excluding steroid dienone is 1. The van der Waals surface area contributed by atoms with Crippen LogP contribution in [0.5, 0.6) is 0 Å². The van der Waals surface area contributed by atoms with Gasteiger partial charge in [0.05, 0.1) is 6.54 Å². The first-order chi connectivity index (χ1) is 11.0. The summed E-state index contributed by atoms with van der Waals surface area (Å²) < 4.78 is 5.71. The molecule has 24 heavy (non-hydrogen) atoms. The molecule has 0 radical (unpaired) electrons. The minimum atomic E-state index is -0.157. The number of esters is 1. The molecule has 0 aliphatic rings. The van der Waals surface area contributed by atoms with Crippen LogP contribution in [0.3, 0.4) is 0 Å². The molecule has 0 fully saturated rings. The maximum absolute atomic E-state index is 12.3. The van der Waals surface area contributed by atoms with E-state index >= 15 is 0 Å². The van der Waals surface area contributed by atoms with Crippen molar-refractivity contribution in [3.05, 3.63) is 12.2 Å². The second kappa shape index (κ2) is 10.9. The van der Waals surface area contributed by atoms with Crippen LogP contribution in [0.25, 0.3) is 0 Å². The summed E-state index contributed by atoms with van der Waals surface area (Å²) in [5, 5.41) is 0. The molecule has 0 bridgehead atoms. The largest absolute Gasteiger partial charge is 0.461 e. The van der Waals surface area contributed by atoms with Crippen LogP contribution in [0.1, 0.15) is 74.7 Å². The first-order valence-corrected chi connectivity index (χ1v) is 9.63. The van der Waals surface area contributed by atoms with Crippen molar-refractivity contribution in [1.82, 2.24) is 4.90 Å². The predicted octanol–water partition coefficient (Wildman–Crippen LogP) is 5.30. The van der Waals surface area contributed by atoms with Gasteiger partial charge in [0, 0.05) is 5.54 Å². The molecule has 0 unspecified atom stereocenters. The Morgan fingerprint density at radius 3 is 2.00 bits per heavy atom. The van der Waals surface area contributed by atoms with Gasteiger partial charge in [-0.15, -0.1) is 0 Å². The molecule has 0 aliphatic heterocycles. The smallest absolute Gasteiger partial charge is 0.320 e. The SMILES string of the molecule is CCC(CC)C/C=C\C(C)(C)N(C)CC(=O)OC(C(C)C)C(C)C. The van der Waals surface area contributed by atoms with Crippen LogP contribution in [0, 0.1) is 17.8 Å². The average molecular weight is 340 g/mol. The van der Waals surface area contributed by atoms with Crippen molar-refractivity contribution in [3.8, 4) is 0 Å². The zero-order chi connectivity index (χ0) is 18.9. The lowest BCUT2D eigenvalue weighted by atomic mass is 9.96. The van der Waals surface area contributed by atoms with Gasteiger partial charge >= 0.3 is 5.97 Å². The van der Waals surface area contributed by atoms with Gasteiger partial charge in [0.2, 0.25) is 0 Å². The Morgan fingerprint density at radius 2 is 1.58 bits per heavy atom. The van der Waals surface area contributed by atoms with Crippen LogP contribution in [-0.4, -0.2) is 36.1 Å². The summed E-state index contributed by atoms with van der Waals surface area (Å²) in [6.45, 7) is 17.5. The number of likely N-dealkylation sites (N-methyl/N-ethyl adjacent to an activating group) is 1. The van der Waals surface area contributed by atoms with E-state index < -0.39 is 0 Å². The number of carbonyl (C=O) groups excluding carboxylic acids is 1. The van der Waals surface area contributed by atoms with Crippen molar-refractivity contribution in [1.29, 1.82) is 0 Å². The summed E-state index contributed by atoms with van der Waals surface area (Å²) in [4.78, 5) is 14.4. The van der Waals surface area contributed by atoms with Gasteiger partial charge in [-0.05, 0) is 45.1 Å². The lowest BCUT2D eigenvalue weighted by Gasteiger charge is -2.33. The van der Waals surface area contributed by atoms with Gasteiger partial charge < -0.3 is 4.74 Å². The van der Waals surface area contributed by atoms with Gasteiger partial charge in [0.15, 0.2) is 0 Å². The Morgan fingerprint density at radius 1 is 1.08 bits per heavy atom. The van der Waals surface area contributed by atoms with Crippen molar-refractivity contribution < 1.29 is 9.53 Å². The first-order valence-electron chi connectivity index (χ1n) is 9.63. The molecule has 0 atom stereocenters. The van der Waals surface area contributed by atoms with Crippen LogP contribution in [0.2, 0.25) is 0 Å². The van der Waals surface area contributed by atoms with Gasteiger partial charge in [0.25, 0.3) is 0 Å². The third-order valence-corrected chi connectivity index (χ3v) is 5.08. The molecule has 0 aromatic rings. The molecule has 0 saturated carbocycles. The molecule has 0 amide bonds. The lowest BCUT2D eigenvalue weighted by Crippen LogP contribution is -2.44. The van der Waals surface area contributed by atoms with Gasteiger partial charge in [-0.3, -0.25) is 9.69 Å². The number of ether oxygens (including phenoxy) is 1. The molecule has 0 rings (SSSR count). The molecule has 0 aromatic carbocycles. The number of hydrogen-bond donors (Lipinski definition) is 0. The minimum absolute atomic E-state index is 0.0144. The third-order valence-electron chi connectivity index (χ3n) is 5.08. The van der Waals surface area contributed by atoms with E-state index in [4.69, 9.17) is 4.74 Å². The predicted molar refractivity (Wildman–Crippen MR) is 104 cm³/mol. The Labute approximate surface area is 150 Å². The van der Waals surface area contributed by atoms with Crippen LogP contribution in [0.15, 0.2) is 12.2 Å². The molecule has 3 heteroatoms. The monoisotopic (exact) mass is 339 g/mol. The summed E-state index contributed by atoms with van der Waals surface area (Å²) in [7, 11) is 1.99. The molecule has 3 nitrogen and oxygen atoms in total. The zero-order valence-corrected chi connectivity index (χ0v) is 17.6. The Balaban J connectivity index is 4.63. The molecule has 0 aliphatic carbocycles. The second-order valence-electron chi connectivity index (χ2n) is 8.27. The van der Waals surface area contributed by atoms with Gasteiger partial charge in [0.1, 0.15) is 6.10 Å². The summed E-state index contributed by atoms with van der Waals surface area (Å²) in [6.07, 6.45) is 8.02. The lowest BCUT2D eigenvalue weighted by molar-refractivity contribution is -0.155. The van der Waals surface area contributed by atoms with Crippen LogP contribution < -0.4 is 0 Å². The Bertz CT molecular complexity index is 373. The van der Waals surface area contributed by atoms with Crippen molar-refractivity contribution in [3.63, 3.8) is 0 Å². The summed E-state index contributed by atoms with van der Waals surface area (Å²) >= 11 is 0. The topological polar surface area (TPSA) is 29.5 Å². The van der Waals surface area contributed by atoms with Crippen molar-refractivity contribution in [2.24, 2.45) is 17.8 Å².